The summed E-state index contributed by atoms with van der Waals surface area (Å²) in [5, 5.41) is 12.1. The molecule has 3 aromatic rings. The number of fused-ring (bicyclic) bond motifs is 1. The number of rotatable bonds is 8. The minimum Gasteiger partial charge on any atom is -0.496 e. The molecule has 0 unspecified atom stereocenters. The highest BCUT2D eigenvalue weighted by Gasteiger charge is 2.52. The van der Waals surface area contributed by atoms with E-state index < -0.39 is 5.97 Å². The number of methoxy groups -OCH3 is 1. The summed E-state index contributed by atoms with van der Waals surface area (Å²) in [4.78, 5) is 12.1. The molecule has 4 bridgehead atoms. The Bertz CT molecular complexity index is 1280. The van der Waals surface area contributed by atoms with Crippen LogP contribution in [0.4, 0.5) is 0 Å². The third kappa shape index (κ3) is 4.57. The van der Waals surface area contributed by atoms with Gasteiger partial charge in [-0.15, -0.1) is 12.4 Å². The van der Waals surface area contributed by atoms with Crippen LogP contribution in [0.2, 0.25) is 0 Å². The molecule has 0 spiro atoms. The lowest BCUT2D eigenvalue weighted by Crippen LogP contribution is -2.48. The number of benzene rings is 3. The highest BCUT2D eigenvalue weighted by Crippen LogP contribution is 2.62. The van der Waals surface area contributed by atoms with E-state index in [1.54, 1.807) is 25.3 Å². The molecule has 0 aliphatic heterocycles. The lowest BCUT2D eigenvalue weighted by atomic mass is 9.48. The minimum absolute atomic E-state index is 0. The molecular formula is C31H35ClO5. The number of halogens is 1. The first-order valence-corrected chi connectivity index (χ1v) is 13.2. The van der Waals surface area contributed by atoms with Gasteiger partial charge in [0.05, 0.1) is 12.7 Å². The second kappa shape index (κ2) is 10.2. The summed E-state index contributed by atoms with van der Waals surface area (Å²) in [7, 11) is 1.78. The van der Waals surface area contributed by atoms with E-state index in [1.165, 1.54) is 44.1 Å². The molecule has 4 aliphatic rings. The molecular weight excluding hydrogens is 488 g/mol. The van der Waals surface area contributed by atoms with Crippen LogP contribution in [-0.4, -0.2) is 31.6 Å². The monoisotopic (exact) mass is 522 g/mol. The van der Waals surface area contributed by atoms with E-state index in [1.807, 2.05) is 13.0 Å². The predicted molar refractivity (Wildman–Crippen MR) is 147 cm³/mol. The molecule has 1 N–H and O–H groups in total. The van der Waals surface area contributed by atoms with Crippen molar-refractivity contribution >= 4 is 29.1 Å². The van der Waals surface area contributed by atoms with Crippen LogP contribution in [0.15, 0.2) is 48.5 Å². The molecule has 4 fully saturated rings. The van der Waals surface area contributed by atoms with Crippen molar-refractivity contribution in [2.75, 3.05) is 20.5 Å². The van der Waals surface area contributed by atoms with E-state index in [0.717, 1.165) is 39.8 Å². The van der Waals surface area contributed by atoms with Gasteiger partial charge in [0.15, 0.2) is 6.79 Å². The maximum absolute atomic E-state index is 12.1. The van der Waals surface area contributed by atoms with Crippen molar-refractivity contribution in [1.29, 1.82) is 0 Å². The molecule has 3 aromatic carbocycles. The standard InChI is InChI=1S/C31H34O5.ClH/c1-3-35-18-36-27-6-4-5-25(30(32)33)29(27)23-8-7-22-14-28(34-2)26(13-24(22)12-23)31-15-19-9-20(16-31)11-21(10-19)17-31;/h4-8,12-14,19-21H,3,9-11,15-18H2,1-2H3,(H,32,33);1H. The van der Waals surface area contributed by atoms with E-state index in [4.69, 9.17) is 14.2 Å². The van der Waals surface area contributed by atoms with Gasteiger partial charge in [-0.3, -0.25) is 0 Å². The van der Waals surface area contributed by atoms with Crippen molar-refractivity contribution in [2.45, 2.75) is 50.9 Å². The molecule has 4 aliphatic carbocycles. The van der Waals surface area contributed by atoms with Gasteiger partial charge in [0.2, 0.25) is 0 Å². The second-order valence-corrected chi connectivity index (χ2v) is 11.1. The third-order valence-electron chi connectivity index (χ3n) is 8.82. The molecule has 0 heterocycles. The molecule has 0 radical (unpaired) electrons. The van der Waals surface area contributed by atoms with Crippen LogP contribution in [-0.2, 0) is 10.2 Å². The van der Waals surface area contributed by atoms with Crippen LogP contribution in [0.5, 0.6) is 11.5 Å². The first-order chi connectivity index (χ1) is 17.5. The lowest BCUT2D eigenvalue weighted by molar-refractivity contribution is -0.00609. The minimum atomic E-state index is -0.976. The number of hydrogen-bond acceptors (Lipinski definition) is 4. The van der Waals surface area contributed by atoms with Gasteiger partial charge < -0.3 is 19.3 Å². The van der Waals surface area contributed by atoms with Gasteiger partial charge in [0.1, 0.15) is 11.5 Å². The molecule has 196 valence electrons. The molecule has 0 aromatic heterocycles. The Morgan fingerprint density at radius 2 is 1.65 bits per heavy atom. The number of ether oxygens (including phenoxy) is 3. The van der Waals surface area contributed by atoms with Crippen molar-refractivity contribution in [3.8, 4) is 22.6 Å². The first-order valence-electron chi connectivity index (χ1n) is 13.2. The zero-order valence-corrected chi connectivity index (χ0v) is 22.3. The van der Waals surface area contributed by atoms with Crippen LogP contribution in [0.1, 0.15) is 61.4 Å². The maximum Gasteiger partial charge on any atom is 0.336 e. The fourth-order valence-corrected chi connectivity index (χ4v) is 7.77. The average molecular weight is 523 g/mol. The Labute approximate surface area is 224 Å². The van der Waals surface area contributed by atoms with Crippen molar-refractivity contribution in [1.82, 2.24) is 0 Å². The fraction of sp³-hybridized carbons (Fsp3) is 0.452. The zero-order valence-electron chi connectivity index (χ0n) is 21.5. The van der Waals surface area contributed by atoms with Crippen molar-refractivity contribution in [3.63, 3.8) is 0 Å². The number of carboxylic acids is 1. The van der Waals surface area contributed by atoms with Crippen molar-refractivity contribution in [3.05, 3.63) is 59.7 Å². The summed E-state index contributed by atoms with van der Waals surface area (Å²) in [5.41, 5.74) is 3.17. The number of carbonyl (C=O) groups is 1. The average Bonchev–Trinajstić information content (AvgIpc) is 2.86. The molecule has 0 saturated heterocycles. The van der Waals surface area contributed by atoms with Gasteiger partial charge in [-0.25, -0.2) is 4.79 Å². The zero-order chi connectivity index (χ0) is 24.9. The summed E-state index contributed by atoms with van der Waals surface area (Å²) >= 11 is 0. The maximum atomic E-state index is 12.1. The van der Waals surface area contributed by atoms with Crippen molar-refractivity contribution in [2.24, 2.45) is 17.8 Å². The molecule has 4 saturated carbocycles. The molecule has 0 amide bonds. The van der Waals surface area contributed by atoms with Gasteiger partial charge in [-0.05, 0) is 115 Å². The molecule has 6 heteroatoms. The van der Waals surface area contributed by atoms with Gasteiger partial charge in [0.25, 0.3) is 0 Å². The molecule has 37 heavy (non-hydrogen) atoms. The van der Waals surface area contributed by atoms with Crippen LogP contribution in [0, 0.1) is 17.8 Å². The Morgan fingerprint density at radius 1 is 0.946 bits per heavy atom. The van der Waals surface area contributed by atoms with Gasteiger partial charge in [-0.1, -0.05) is 18.2 Å². The van der Waals surface area contributed by atoms with E-state index in [-0.39, 0.29) is 30.2 Å². The smallest absolute Gasteiger partial charge is 0.336 e. The topological polar surface area (TPSA) is 65.0 Å². The first kappa shape index (κ1) is 25.9. The quantitative estimate of drug-likeness (QED) is 0.245. The van der Waals surface area contributed by atoms with Crippen LogP contribution >= 0.6 is 12.4 Å². The number of hydrogen-bond donors (Lipinski definition) is 1. The summed E-state index contributed by atoms with van der Waals surface area (Å²) in [6.07, 6.45) is 7.98. The Morgan fingerprint density at radius 3 is 2.27 bits per heavy atom. The van der Waals surface area contributed by atoms with Crippen LogP contribution < -0.4 is 9.47 Å². The Kier molecular flexibility index (Phi) is 7.12. The van der Waals surface area contributed by atoms with Gasteiger partial charge >= 0.3 is 5.97 Å². The summed E-state index contributed by atoms with van der Waals surface area (Å²) in [6, 6.07) is 15.8. The van der Waals surface area contributed by atoms with Crippen molar-refractivity contribution < 1.29 is 24.1 Å². The Hall–Kier alpha value is -2.76. The van der Waals surface area contributed by atoms with E-state index in [0.29, 0.717) is 17.9 Å². The predicted octanol–water partition coefficient (Wildman–Crippen LogP) is 7.48. The number of carboxylic acid groups (broad SMARTS) is 1. The van der Waals surface area contributed by atoms with E-state index in [2.05, 4.69) is 24.3 Å². The fourth-order valence-electron chi connectivity index (χ4n) is 7.77. The highest BCUT2D eigenvalue weighted by atomic mass is 35.5. The van der Waals surface area contributed by atoms with E-state index >= 15 is 0 Å². The summed E-state index contributed by atoms with van der Waals surface area (Å²) in [6.45, 7) is 2.50. The highest BCUT2D eigenvalue weighted by molar-refractivity contribution is 6.00. The van der Waals surface area contributed by atoms with Crippen LogP contribution in [0.3, 0.4) is 0 Å². The van der Waals surface area contributed by atoms with E-state index in [9.17, 15) is 9.90 Å². The largest absolute Gasteiger partial charge is 0.496 e. The summed E-state index contributed by atoms with van der Waals surface area (Å²) in [5.74, 6) is 3.05. The van der Waals surface area contributed by atoms with Crippen LogP contribution in [0.25, 0.3) is 21.9 Å². The SMILES string of the molecule is CCOCOc1cccc(C(=O)O)c1-c1ccc2cc(OC)c(C34CC5CC(CC(C5)C3)C4)cc2c1.Cl. The molecule has 0 atom stereocenters. The molecule has 7 rings (SSSR count). The van der Waals surface area contributed by atoms with Gasteiger partial charge in [0, 0.05) is 17.7 Å². The normalized spacial score (nSPS) is 25.6. The third-order valence-corrected chi connectivity index (χ3v) is 8.82. The van der Waals surface area contributed by atoms with Gasteiger partial charge in [-0.2, -0.15) is 0 Å². The second-order valence-electron chi connectivity index (χ2n) is 11.1. The number of aromatic carboxylic acids is 1. The molecule has 5 nitrogen and oxygen atoms in total. The lowest BCUT2D eigenvalue weighted by Gasteiger charge is -2.57. The Balaban J connectivity index is 0.00000280. The summed E-state index contributed by atoms with van der Waals surface area (Å²) < 4.78 is 17.2.